The number of hydrogen-bond acceptors (Lipinski definition) is 5. The highest BCUT2D eigenvalue weighted by Gasteiger charge is 2.21. The van der Waals surface area contributed by atoms with Gasteiger partial charge in [0.1, 0.15) is 11.6 Å². The van der Waals surface area contributed by atoms with Crippen molar-refractivity contribution in [3.05, 3.63) is 41.5 Å². The number of rotatable bonds is 5. The lowest BCUT2D eigenvalue weighted by molar-refractivity contribution is 0.768. The van der Waals surface area contributed by atoms with Gasteiger partial charge in [-0.05, 0) is 30.4 Å². The fourth-order valence-corrected chi connectivity index (χ4v) is 2.75. The molecular weight excluding hydrogens is 262 g/mol. The zero-order chi connectivity index (χ0) is 14.7. The third-order valence-electron chi connectivity index (χ3n) is 3.70. The normalized spacial score (nSPS) is 14.0. The van der Waals surface area contributed by atoms with Gasteiger partial charge < -0.3 is 16.4 Å². The zero-order valence-corrected chi connectivity index (χ0v) is 12.3. The molecule has 0 radical (unpaired) electrons. The lowest BCUT2D eigenvalue weighted by Crippen LogP contribution is -2.21. The third kappa shape index (κ3) is 3.24. The van der Waals surface area contributed by atoms with Gasteiger partial charge in [-0.1, -0.05) is 31.2 Å². The molecular formula is C16H21N5. The number of nitrogens with one attached hydrogen (secondary N) is 2. The van der Waals surface area contributed by atoms with Crippen molar-refractivity contribution in [3.8, 4) is 0 Å². The van der Waals surface area contributed by atoms with E-state index in [0.29, 0.717) is 12.0 Å². The molecule has 4 N–H and O–H groups in total. The van der Waals surface area contributed by atoms with Gasteiger partial charge in [-0.2, -0.15) is 9.97 Å². The maximum absolute atomic E-state index is 5.79. The van der Waals surface area contributed by atoms with E-state index < -0.39 is 0 Å². The fraction of sp³-hybridized carbons (Fsp3) is 0.375. The summed E-state index contributed by atoms with van der Waals surface area (Å²) in [5.41, 5.74) is 8.62. The van der Waals surface area contributed by atoms with Crippen LogP contribution in [-0.4, -0.2) is 22.6 Å². The molecule has 0 fully saturated rings. The molecule has 110 valence electrons. The molecule has 1 aromatic heterocycles. The molecule has 2 aromatic rings. The van der Waals surface area contributed by atoms with Crippen LogP contribution in [0.15, 0.2) is 30.3 Å². The molecule has 0 atom stereocenters. The Morgan fingerprint density at radius 2 is 1.81 bits per heavy atom. The number of hydrogen-bond donors (Lipinski definition) is 3. The standard InChI is InChI=1S/C16H21N5/c1-2-7-18-14-10-15(21-16(17)20-14)19-13-8-11-5-3-4-6-12(11)9-13/h3-6,10,13H,2,7-9H2,1H3,(H4,17,18,19,20,21). The number of fused-ring (bicyclic) bond motifs is 1. The molecule has 3 rings (SSSR count). The van der Waals surface area contributed by atoms with Crippen LogP contribution in [0.1, 0.15) is 24.5 Å². The molecule has 0 saturated carbocycles. The summed E-state index contributed by atoms with van der Waals surface area (Å²) >= 11 is 0. The van der Waals surface area contributed by atoms with E-state index in [9.17, 15) is 0 Å². The second-order valence-corrected chi connectivity index (χ2v) is 5.44. The fourth-order valence-electron chi connectivity index (χ4n) is 2.75. The lowest BCUT2D eigenvalue weighted by atomic mass is 10.1. The van der Waals surface area contributed by atoms with Gasteiger partial charge in [-0.3, -0.25) is 0 Å². The first-order chi connectivity index (χ1) is 10.2. The quantitative estimate of drug-likeness (QED) is 0.786. The van der Waals surface area contributed by atoms with E-state index in [2.05, 4.69) is 51.8 Å². The molecule has 21 heavy (non-hydrogen) atoms. The van der Waals surface area contributed by atoms with Crippen LogP contribution < -0.4 is 16.4 Å². The molecule has 0 unspecified atom stereocenters. The Morgan fingerprint density at radius 1 is 1.14 bits per heavy atom. The van der Waals surface area contributed by atoms with E-state index in [1.165, 1.54) is 11.1 Å². The highest BCUT2D eigenvalue weighted by Crippen LogP contribution is 2.24. The van der Waals surface area contributed by atoms with Crippen LogP contribution in [0, 0.1) is 0 Å². The second-order valence-electron chi connectivity index (χ2n) is 5.44. The Hall–Kier alpha value is -2.30. The SMILES string of the molecule is CCCNc1cc(NC2Cc3ccccc3C2)nc(N)n1. The van der Waals surface area contributed by atoms with Gasteiger partial charge in [0.2, 0.25) is 5.95 Å². The molecule has 1 aliphatic carbocycles. The van der Waals surface area contributed by atoms with Crippen LogP contribution in [0.5, 0.6) is 0 Å². The number of benzene rings is 1. The van der Waals surface area contributed by atoms with Gasteiger partial charge in [0.05, 0.1) is 0 Å². The largest absolute Gasteiger partial charge is 0.370 e. The first kappa shape index (κ1) is 13.7. The summed E-state index contributed by atoms with van der Waals surface area (Å²) in [7, 11) is 0. The summed E-state index contributed by atoms with van der Waals surface area (Å²) in [4.78, 5) is 8.48. The summed E-state index contributed by atoms with van der Waals surface area (Å²) in [6, 6.07) is 10.9. The van der Waals surface area contributed by atoms with Crippen molar-refractivity contribution in [3.63, 3.8) is 0 Å². The molecule has 1 aliphatic rings. The molecule has 1 aromatic carbocycles. The molecule has 5 nitrogen and oxygen atoms in total. The highest BCUT2D eigenvalue weighted by atomic mass is 15.1. The maximum atomic E-state index is 5.79. The van der Waals surface area contributed by atoms with E-state index in [-0.39, 0.29) is 0 Å². The second kappa shape index (κ2) is 5.99. The minimum absolute atomic E-state index is 0.300. The predicted octanol–water partition coefficient (Wildman–Crippen LogP) is 2.46. The smallest absolute Gasteiger partial charge is 0.223 e. The highest BCUT2D eigenvalue weighted by molar-refractivity contribution is 5.52. The van der Waals surface area contributed by atoms with Crippen molar-refractivity contribution in [2.75, 3.05) is 22.9 Å². The molecule has 0 bridgehead atoms. The first-order valence-electron chi connectivity index (χ1n) is 7.46. The Bertz CT molecular complexity index is 601. The molecule has 0 amide bonds. The Kier molecular flexibility index (Phi) is 3.90. The summed E-state index contributed by atoms with van der Waals surface area (Å²) in [6.07, 6.45) is 3.10. The van der Waals surface area contributed by atoms with Crippen LogP contribution in [0.25, 0.3) is 0 Å². The molecule has 1 heterocycles. The van der Waals surface area contributed by atoms with Gasteiger partial charge in [0.15, 0.2) is 0 Å². The average Bonchev–Trinajstić information content (AvgIpc) is 2.86. The number of nitrogens with two attached hydrogens (primary N) is 1. The van der Waals surface area contributed by atoms with Crippen LogP contribution in [0.3, 0.4) is 0 Å². The third-order valence-corrected chi connectivity index (χ3v) is 3.70. The number of anilines is 3. The van der Waals surface area contributed by atoms with Gasteiger partial charge in [-0.15, -0.1) is 0 Å². The van der Waals surface area contributed by atoms with Crippen molar-refractivity contribution in [2.24, 2.45) is 0 Å². The monoisotopic (exact) mass is 283 g/mol. The van der Waals surface area contributed by atoms with Crippen LogP contribution >= 0.6 is 0 Å². The average molecular weight is 283 g/mol. The topological polar surface area (TPSA) is 75.9 Å². The Morgan fingerprint density at radius 3 is 2.48 bits per heavy atom. The van der Waals surface area contributed by atoms with Crippen LogP contribution in [-0.2, 0) is 12.8 Å². The van der Waals surface area contributed by atoms with Crippen LogP contribution in [0.2, 0.25) is 0 Å². The molecule has 0 spiro atoms. The first-order valence-corrected chi connectivity index (χ1v) is 7.46. The van der Waals surface area contributed by atoms with Crippen molar-refractivity contribution < 1.29 is 0 Å². The minimum Gasteiger partial charge on any atom is -0.370 e. The predicted molar refractivity (Wildman–Crippen MR) is 86.5 cm³/mol. The lowest BCUT2D eigenvalue weighted by Gasteiger charge is -2.14. The van der Waals surface area contributed by atoms with Crippen molar-refractivity contribution in [2.45, 2.75) is 32.2 Å². The van der Waals surface area contributed by atoms with Gasteiger partial charge >= 0.3 is 0 Å². The number of nitrogen functional groups attached to an aromatic ring is 1. The summed E-state index contributed by atoms with van der Waals surface area (Å²) in [5, 5.41) is 6.72. The molecule has 0 aliphatic heterocycles. The number of nitrogens with zero attached hydrogens (tertiary/aromatic N) is 2. The van der Waals surface area contributed by atoms with Crippen LogP contribution in [0.4, 0.5) is 17.6 Å². The van der Waals surface area contributed by atoms with Gasteiger partial charge in [-0.25, -0.2) is 0 Å². The molecule has 0 saturated heterocycles. The van der Waals surface area contributed by atoms with E-state index >= 15 is 0 Å². The minimum atomic E-state index is 0.300. The van der Waals surface area contributed by atoms with E-state index in [1.807, 2.05) is 6.07 Å². The zero-order valence-electron chi connectivity index (χ0n) is 12.3. The van der Waals surface area contributed by atoms with Crippen molar-refractivity contribution in [1.29, 1.82) is 0 Å². The maximum Gasteiger partial charge on any atom is 0.223 e. The Labute approximate surface area is 125 Å². The summed E-state index contributed by atoms with van der Waals surface area (Å²) < 4.78 is 0. The summed E-state index contributed by atoms with van der Waals surface area (Å²) in [5.74, 6) is 1.87. The van der Waals surface area contributed by atoms with E-state index in [4.69, 9.17) is 5.73 Å². The van der Waals surface area contributed by atoms with Gasteiger partial charge in [0, 0.05) is 18.7 Å². The number of aromatic nitrogens is 2. The molecule has 5 heteroatoms. The van der Waals surface area contributed by atoms with E-state index in [1.54, 1.807) is 0 Å². The van der Waals surface area contributed by atoms with Crippen molar-refractivity contribution >= 4 is 17.6 Å². The van der Waals surface area contributed by atoms with Crippen molar-refractivity contribution in [1.82, 2.24) is 9.97 Å². The van der Waals surface area contributed by atoms with E-state index in [0.717, 1.165) is 37.4 Å². The van der Waals surface area contributed by atoms with Gasteiger partial charge in [0.25, 0.3) is 0 Å². The summed E-state index contributed by atoms with van der Waals surface area (Å²) in [6.45, 7) is 3.00. The Balaban J connectivity index is 1.70.